The third-order valence-corrected chi connectivity index (χ3v) is 2.27. The minimum Gasteiger partial charge on any atom is -0.395 e. The summed E-state index contributed by atoms with van der Waals surface area (Å²) in [5.41, 5.74) is 0. The zero-order valence-electron chi connectivity index (χ0n) is 9.52. The van der Waals surface area contributed by atoms with E-state index in [0.29, 0.717) is 19.6 Å². The van der Waals surface area contributed by atoms with Crippen molar-refractivity contribution in [1.29, 1.82) is 0 Å². The molecule has 0 rings (SSSR count). The maximum atomic E-state index is 8.91. The van der Waals surface area contributed by atoms with E-state index in [1.165, 1.54) is 0 Å². The molecule has 0 saturated heterocycles. The Morgan fingerprint density at radius 1 is 1.07 bits per heavy atom. The molecule has 0 radical (unpaired) electrons. The van der Waals surface area contributed by atoms with Crippen LogP contribution in [0.5, 0.6) is 0 Å². The molecule has 0 amide bonds. The van der Waals surface area contributed by atoms with E-state index in [9.17, 15) is 0 Å². The van der Waals surface area contributed by atoms with Gasteiger partial charge in [0.05, 0.1) is 26.0 Å². The molecule has 0 aliphatic carbocycles. The van der Waals surface area contributed by atoms with Crippen molar-refractivity contribution >= 4 is 0 Å². The van der Waals surface area contributed by atoms with Gasteiger partial charge in [0, 0.05) is 19.6 Å². The topological polar surface area (TPSA) is 76.0 Å². The molecule has 0 aromatic heterocycles. The third kappa shape index (κ3) is 6.81. The number of aliphatic hydroxyl groups is 3. The first-order valence-electron chi connectivity index (χ1n) is 5.60. The van der Waals surface area contributed by atoms with Gasteiger partial charge < -0.3 is 15.3 Å². The summed E-state index contributed by atoms with van der Waals surface area (Å²) in [6.07, 6.45) is 2.10. The van der Waals surface area contributed by atoms with Crippen molar-refractivity contribution in [2.45, 2.75) is 25.9 Å². The van der Waals surface area contributed by atoms with Crippen LogP contribution in [0.1, 0.15) is 19.8 Å². The van der Waals surface area contributed by atoms with Gasteiger partial charge in [-0.05, 0) is 6.42 Å². The van der Waals surface area contributed by atoms with Gasteiger partial charge in [0.15, 0.2) is 0 Å². The number of hydrogen-bond acceptors (Lipinski definition) is 5. The first-order valence-corrected chi connectivity index (χ1v) is 5.60. The summed E-state index contributed by atoms with van der Waals surface area (Å²) >= 11 is 0. The Balaban J connectivity index is 4.09. The molecule has 0 aliphatic rings. The van der Waals surface area contributed by atoms with Crippen LogP contribution in [0, 0.1) is 0 Å². The van der Waals surface area contributed by atoms with E-state index in [1.807, 2.05) is 4.90 Å². The number of rotatable bonds is 10. The Kier molecular flexibility index (Phi) is 10.2. The van der Waals surface area contributed by atoms with Gasteiger partial charge >= 0.3 is 0 Å². The summed E-state index contributed by atoms with van der Waals surface area (Å²) in [5.74, 6) is 0. The molecular formula is C10H24N2O3. The van der Waals surface area contributed by atoms with Gasteiger partial charge in [-0.25, -0.2) is 0 Å². The normalized spacial score (nSPS) is 13.4. The number of hydrogen-bond donors (Lipinski definition) is 4. The maximum absolute atomic E-state index is 8.91. The second kappa shape index (κ2) is 10.3. The highest BCUT2D eigenvalue weighted by atomic mass is 16.3. The molecule has 0 spiro atoms. The Morgan fingerprint density at radius 3 is 2.07 bits per heavy atom. The lowest BCUT2D eigenvalue weighted by molar-refractivity contribution is 0.0954. The van der Waals surface area contributed by atoms with Crippen LogP contribution in [-0.4, -0.2) is 65.8 Å². The number of nitrogens with one attached hydrogen (secondary N) is 1. The van der Waals surface area contributed by atoms with Gasteiger partial charge in [-0.2, -0.15) is 0 Å². The van der Waals surface area contributed by atoms with Crippen LogP contribution in [-0.2, 0) is 0 Å². The van der Waals surface area contributed by atoms with E-state index in [1.54, 1.807) is 0 Å². The van der Waals surface area contributed by atoms with E-state index in [0.717, 1.165) is 12.8 Å². The summed E-state index contributed by atoms with van der Waals surface area (Å²) in [6.45, 7) is 3.99. The zero-order valence-corrected chi connectivity index (χ0v) is 9.52. The smallest absolute Gasteiger partial charge is 0.0599 e. The van der Waals surface area contributed by atoms with Crippen LogP contribution in [0.3, 0.4) is 0 Å². The standard InChI is InChI=1S/C10H24N2O3/c1-2-3-10(11-4-7-13)12(5-8-14)6-9-15/h10-11,13-15H,2-9H2,1H3. The minimum atomic E-state index is 0.0843. The number of aliphatic hydroxyl groups excluding tert-OH is 3. The molecule has 0 aromatic rings. The van der Waals surface area contributed by atoms with Crippen molar-refractivity contribution in [3.63, 3.8) is 0 Å². The van der Waals surface area contributed by atoms with Gasteiger partial charge in [0.2, 0.25) is 0 Å². The fraction of sp³-hybridized carbons (Fsp3) is 1.00. The molecule has 0 heterocycles. The summed E-state index contributed by atoms with van der Waals surface area (Å²) in [5, 5.41) is 29.7. The largest absolute Gasteiger partial charge is 0.395 e. The average molecular weight is 220 g/mol. The molecule has 4 N–H and O–H groups in total. The first kappa shape index (κ1) is 14.8. The van der Waals surface area contributed by atoms with E-state index < -0.39 is 0 Å². The maximum Gasteiger partial charge on any atom is 0.0599 e. The molecule has 15 heavy (non-hydrogen) atoms. The molecule has 5 nitrogen and oxygen atoms in total. The highest BCUT2D eigenvalue weighted by Crippen LogP contribution is 2.03. The molecule has 0 bridgehead atoms. The second-order valence-electron chi connectivity index (χ2n) is 3.47. The molecular weight excluding hydrogens is 196 g/mol. The fourth-order valence-corrected chi connectivity index (χ4v) is 1.60. The molecule has 1 unspecified atom stereocenters. The van der Waals surface area contributed by atoms with Crippen LogP contribution in [0.15, 0.2) is 0 Å². The molecule has 0 aromatic carbocycles. The van der Waals surface area contributed by atoms with Crippen LogP contribution in [0.25, 0.3) is 0 Å². The van der Waals surface area contributed by atoms with Crippen molar-refractivity contribution in [3.8, 4) is 0 Å². The van der Waals surface area contributed by atoms with E-state index >= 15 is 0 Å². The van der Waals surface area contributed by atoms with Gasteiger partial charge in [0.1, 0.15) is 0 Å². The second-order valence-corrected chi connectivity index (χ2v) is 3.47. The Bertz CT molecular complexity index is 130. The predicted octanol–water partition coefficient (Wildman–Crippen LogP) is -1.02. The van der Waals surface area contributed by atoms with Crippen LogP contribution < -0.4 is 5.32 Å². The SMILES string of the molecule is CCCC(NCCO)N(CCO)CCO. The zero-order chi connectivity index (χ0) is 11.5. The van der Waals surface area contributed by atoms with Crippen molar-refractivity contribution in [2.75, 3.05) is 39.5 Å². The third-order valence-electron chi connectivity index (χ3n) is 2.27. The van der Waals surface area contributed by atoms with Crippen molar-refractivity contribution < 1.29 is 15.3 Å². The molecule has 5 heteroatoms. The molecule has 0 fully saturated rings. The van der Waals surface area contributed by atoms with E-state index in [-0.39, 0.29) is 26.0 Å². The monoisotopic (exact) mass is 220 g/mol. The first-order chi connectivity index (χ1) is 7.29. The molecule has 0 aliphatic heterocycles. The van der Waals surface area contributed by atoms with Crippen molar-refractivity contribution in [2.24, 2.45) is 0 Å². The highest BCUT2D eigenvalue weighted by Gasteiger charge is 2.15. The molecule has 92 valence electrons. The van der Waals surface area contributed by atoms with Gasteiger partial charge in [-0.15, -0.1) is 0 Å². The van der Waals surface area contributed by atoms with E-state index in [2.05, 4.69) is 12.2 Å². The Hall–Kier alpha value is -0.200. The summed E-state index contributed by atoms with van der Waals surface area (Å²) in [7, 11) is 0. The minimum absolute atomic E-state index is 0.0843. The van der Waals surface area contributed by atoms with Crippen LogP contribution in [0.4, 0.5) is 0 Å². The van der Waals surface area contributed by atoms with Crippen LogP contribution in [0.2, 0.25) is 0 Å². The predicted molar refractivity (Wildman–Crippen MR) is 59.5 cm³/mol. The quantitative estimate of drug-likeness (QED) is 0.355. The van der Waals surface area contributed by atoms with Gasteiger partial charge in [0.25, 0.3) is 0 Å². The number of nitrogens with zero attached hydrogens (tertiary/aromatic N) is 1. The summed E-state index contributed by atoms with van der Waals surface area (Å²) in [4.78, 5) is 2.00. The fourth-order valence-electron chi connectivity index (χ4n) is 1.60. The Morgan fingerprint density at radius 2 is 1.67 bits per heavy atom. The lowest BCUT2D eigenvalue weighted by Crippen LogP contribution is -2.48. The summed E-state index contributed by atoms with van der Waals surface area (Å²) in [6, 6.07) is 0. The van der Waals surface area contributed by atoms with Crippen LogP contribution >= 0.6 is 0 Å². The van der Waals surface area contributed by atoms with E-state index in [4.69, 9.17) is 15.3 Å². The highest BCUT2D eigenvalue weighted by molar-refractivity contribution is 4.69. The van der Waals surface area contributed by atoms with Crippen molar-refractivity contribution in [1.82, 2.24) is 10.2 Å². The van der Waals surface area contributed by atoms with Gasteiger partial charge in [-0.3, -0.25) is 10.2 Å². The lowest BCUT2D eigenvalue weighted by atomic mass is 10.2. The summed E-state index contributed by atoms with van der Waals surface area (Å²) < 4.78 is 0. The molecule has 0 saturated carbocycles. The lowest BCUT2D eigenvalue weighted by Gasteiger charge is -2.31. The van der Waals surface area contributed by atoms with Crippen molar-refractivity contribution in [3.05, 3.63) is 0 Å². The molecule has 1 atom stereocenters. The average Bonchev–Trinajstić information content (AvgIpc) is 2.24. The van der Waals surface area contributed by atoms with Gasteiger partial charge in [-0.1, -0.05) is 13.3 Å². The Labute approximate surface area is 91.7 Å².